The lowest BCUT2D eigenvalue weighted by atomic mass is 10.1. The van der Waals surface area contributed by atoms with E-state index in [4.69, 9.17) is 0 Å². The Morgan fingerprint density at radius 2 is 1.96 bits per heavy atom. The molecule has 4 heteroatoms. The summed E-state index contributed by atoms with van der Waals surface area (Å²) in [6.07, 6.45) is 1.88. The van der Waals surface area contributed by atoms with Crippen LogP contribution in [0, 0.1) is 0 Å². The summed E-state index contributed by atoms with van der Waals surface area (Å²) in [5.74, 6) is 0. The van der Waals surface area contributed by atoms with Gasteiger partial charge in [0.25, 0.3) is 0 Å². The van der Waals surface area contributed by atoms with Gasteiger partial charge in [0.05, 0.1) is 11.6 Å². The average Bonchev–Trinajstić information content (AvgIpc) is 2.51. The first-order valence-corrected chi connectivity index (χ1v) is 8.76. The van der Waals surface area contributed by atoms with Gasteiger partial charge in [0.15, 0.2) is 0 Å². The Bertz CT molecular complexity index is 637. The standard InChI is InChI=1S/C19H26N2OS/c1-14(17-7-5-6-16(10-17)13-22)21-12-15-8-9-20-18(11-15)23-19(2,3)4/h5-11,14,21-22H,12-13H2,1-4H3. The summed E-state index contributed by atoms with van der Waals surface area (Å²) in [6, 6.07) is 12.5. The number of hydrogen-bond donors (Lipinski definition) is 2. The normalized spacial score (nSPS) is 13.1. The second kappa shape index (κ2) is 7.95. The number of aromatic nitrogens is 1. The van der Waals surface area contributed by atoms with Gasteiger partial charge in [-0.05, 0) is 35.7 Å². The average molecular weight is 330 g/mol. The van der Waals surface area contributed by atoms with Crippen molar-refractivity contribution < 1.29 is 5.11 Å². The summed E-state index contributed by atoms with van der Waals surface area (Å²) in [4.78, 5) is 4.44. The van der Waals surface area contributed by atoms with Crippen LogP contribution < -0.4 is 5.32 Å². The maximum Gasteiger partial charge on any atom is 0.0968 e. The van der Waals surface area contributed by atoms with E-state index in [9.17, 15) is 5.11 Å². The maximum absolute atomic E-state index is 9.25. The lowest BCUT2D eigenvalue weighted by Gasteiger charge is -2.18. The van der Waals surface area contributed by atoms with E-state index >= 15 is 0 Å². The zero-order chi connectivity index (χ0) is 16.9. The molecule has 1 atom stereocenters. The monoisotopic (exact) mass is 330 g/mol. The van der Waals surface area contributed by atoms with E-state index in [1.54, 1.807) is 11.8 Å². The van der Waals surface area contributed by atoms with Gasteiger partial charge in [-0.2, -0.15) is 0 Å². The van der Waals surface area contributed by atoms with Crippen molar-refractivity contribution in [2.45, 2.75) is 56.7 Å². The SMILES string of the molecule is CC(NCc1ccnc(SC(C)(C)C)c1)c1cccc(CO)c1. The molecule has 1 aromatic heterocycles. The van der Waals surface area contributed by atoms with Crippen molar-refractivity contribution in [2.24, 2.45) is 0 Å². The van der Waals surface area contributed by atoms with Crippen LogP contribution in [0.1, 0.15) is 50.4 Å². The van der Waals surface area contributed by atoms with Crippen LogP contribution in [0.3, 0.4) is 0 Å². The number of rotatable bonds is 6. The molecule has 0 saturated carbocycles. The molecule has 2 N–H and O–H groups in total. The number of nitrogens with zero attached hydrogens (tertiary/aromatic N) is 1. The highest BCUT2D eigenvalue weighted by Crippen LogP contribution is 2.30. The molecule has 1 heterocycles. The topological polar surface area (TPSA) is 45.2 Å². The van der Waals surface area contributed by atoms with Crippen molar-refractivity contribution in [2.75, 3.05) is 0 Å². The minimum atomic E-state index is 0.0816. The number of thioether (sulfide) groups is 1. The second-order valence-electron chi connectivity index (χ2n) is 6.72. The number of aliphatic hydroxyl groups is 1. The molecule has 0 bridgehead atoms. The Balaban J connectivity index is 1.98. The van der Waals surface area contributed by atoms with E-state index in [1.165, 1.54) is 11.1 Å². The molecule has 0 spiro atoms. The fraction of sp³-hybridized carbons (Fsp3) is 0.421. The van der Waals surface area contributed by atoms with E-state index < -0.39 is 0 Å². The van der Waals surface area contributed by atoms with Crippen molar-refractivity contribution in [3.8, 4) is 0 Å². The fourth-order valence-electron chi connectivity index (χ4n) is 2.28. The Hall–Kier alpha value is -1.36. The van der Waals surface area contributed by atoms with Crippen LogP contribution >= 0.6 is 11.8 Å². The lowest BCUT2D eigenvalue weighted by Crippen LogP contribution is -2.18. The molecule has 1 aromatic carbocycles. The zero-order valence-corrected chi connectivity index (χ0v) is 15.2. The Labute approximate surface area is 143 Å². The Morgan fingerprint density at radius 3 is 2.65 bits per heavy atom. The second-order valence-corrected chi connectivity index (χ2v) is 8.57. The number of benzene rings is 1. The van der Waals surface area contributed by atoms with Gasteiger partial charge >= 0.3 is 0 Å². The van der Waals surface area contributed by atoms with E-state index in [0.29, 0.717) is 0 Å². The van der Waals surface area contributed by atoms with Gasteiger partial charge in [0, 0.05) is 23.5 Å². The molecule has 0 aliphatic carbocycles. The number of nitrogens with one attached hydrogen (secondary N) is 1. The summed E-state index contributed by atoms with van der Waals surface area (Å²) in [5, 5.41) is 13.8. The summed E-state index contributed by atoms with van der Waals surface area (Å²) in [7, 11) is 0. The van der Waals surface area contributed by atoms with E-state index in [0.717, 1.165) is 17.1 Å². The van der Waals surface area contributed by atoms with Crippen LogP contribution in [-0.4, -0.2) is 14.8 Å². The summed E-state index contributed by atoms with van der Waals surface area (Å²) in [5.41, 5.74) is 3.37. The quantitative estimate of drug-likeness (QED) is 0.775. The molecule has 0 saturated heterocycles. The molecule has 124 valence electrons. The molecule has 0 amide bonds. The van der Waals surface area contributed by atoms with Crippen LogP contribution in [0.4, 0.5) is 0 Å². The van der Waals surface area contributed by atoms with Gasteiger partial charge in [0.1, 0.15) is 0 Å². The van der Waals surface area contributed by atoms with E-state index in [-0.39, 0.29) is 17.4 Å². The van der Waals surface area contributed by atoms with Gasteiger partial charge in [0.2, 0.25) is 0 Å². The Kier molecular flexibility index (Phi) is 6.22. The molecule has 0 radical (unpaired) electrons. The minimum Gasteiger partial charge on any atom is -0.392 e. The maximum atomic E-state index is 9.25. The van der Waals surface area contributed by atoms with Crippen LogP contribution in [0.2, 0.25) is 0 Å². The summed E-state index contributed by atoms with van der Waals surface area (Å²) >= 11 is 1.78. The Morgan fingerprint density at radius 1 is 1.17 bits per heavy atom. The highest BCUT2D eigenvalue weighted by molar-refractivity contribution is 8.00. The highest BCUT2D eigenvalue weighted by Gasteiger charge is 2.13. The smallest absolute Gasteiger partial charge is 0.0968 e. The van der Waals surface area contributed by atoms with Crippen molar-refractivity contribution in [1.82, 2.24) is 10.3 Å². The molecule has 23 heavy (non-hydrogen) atoms. The molecule has 2 rings (SSSR count). The van der Waals surface area contributed by atoms with Gasteiger partial charge in [-0.15, -0.1) is 11.8 Å². The van der Waals surface area contributed by atoms with Crippen LogP contribution in [0.25, 0.3) is 0 Å². The van der Waals surface area contributed by atoms with E-state index in [1.807, 2.05) is 24.4 Å². The molecule has 0 aliphatic heterocycles. The van der Waals surface area contributed by atoms with E-state index in [2.05, 4.69) is 56.2 Å². The van der Waals surface area contributed by atoms with Crippen molar-refractivity contribution in [3.05, 3.63) is 59.3 Å². The van der Waals surface area contributed by atoms with Crippen LogP contribution in [-0.2, 0) is 13.2 Å². The van der Waals surface area contributed by atoms with Crippen molar-refractivity contribution in [3.63, 3.8) is 0 Å². The predicted molar refractivity (Wildman–Crippen MR) is 97.5 cm³/mol. The first-order valence-electron chi connectivity index (χ1n) is 7.94. The molecular formula is C19H26N2OS. The predicted octanol–water partition coefficient (Wildman–Crippen LogP) is 4.32. The van der Waals surface area contributed by atoms with Gasteiger partial charge in [-0.1, -0.05) is 45.0 Å². The number of pyridine rings is 1. The molecule has 0 fully saturated rings. The first kappa shape index (κ1) is 18.0. The highest BCUT2D eigenvalue weighted by atomic mass is 32.2. The van der Waals surface area contributed by atoms with Gasteiger partial charge in [-0.3, -0.25) is 0 Å². The third kappa shape index (κ3) is 5.98. The summed E-state index contributed by atoms with van der Waals surface area (Å²) < 4.78 is 0.164. The molecule has 1 unspecified atom stereocenters. The number of aliphatic hydroxyl groups excluding tert-OH is 1. The van der Waals surface area contributed by atoms with Crippen molar-refractivity contribution >= 4 is 11.8 Å². The van der Waals surface area contributed by atoms with Crippen LogP contribution in [0.5, 0.6) is 0 Å². The molecule has 2 aromatic rings. The molecule has 0 aliphatic rings. The van der Waals surface area contributed by atoms with Crippen molar-refractivity contribution in [1.29, 1.82) is 0 Å². The van der Waals surface area contributed by atoms with Gasteiger partial charge in [-0.25, -0.2) is 4.98 Å². The fourth-order valence-corrected chi connectivity index (χ4v) is 3.23. The molecular weight excluding hydrogens is 304 g/mol. The van der Waals surface area contributed by atoms with Crippen LogP contribution in [0.15, 0.2) is 47.6 Å². The number of hydrogen-bond acceptors (Lipinski definition) is 4. The zero-order valence-electron chi connectivity index (χ0n) is 14.3. The first-order chi connectivity index (χ1) is 10.9. The largest absolute Gasteiger partial charge is 0.392 e. The lowest BCUT2D eigenvalue weighted by molar-refractivity contribution is 0.281. The summed E-state index contributed by atoms with van der Waals surface area (Å²) in [6.45, 7) is 9.60. The third-order valence-electron chi connectivity index (χ3n) is 3.46. The molecule has 3 nitrogen and oxygen atoms in total. The third-order valence-corrected chi connectivity index (χ3v) is 4.50. The minimum absolute atomic E-state index is 0.0816. The van der Waals surface area contributed by atoms with Gasteiger partial charge < -0.3 is 10.4 Å².